The maximum Gasteiger partial charge on any atom is 0.227 e. The number of amides is 2. The number of fused-ring (bicyclic) bond motifs is 1. The summed E-state index contributed by atoms with van der Waals surface area (Å²) in [5.74, 6) is 3.31. The first-order chi connectivity index (χ1) is 13.6. The van der Waals surface area contributed by atoms with Crippen molar-refractivity contribution in [3.63, 3.8) is 0 Å². The van der Waals surface area contributed by atoms with Crippen molar-refractivity contribution >= 4 is 29.3 Å². The number of carbonyl (C=O) groups excluding carboxylic acids is 2. The van der Waals surface area contributed by atoms with Crippen molar-refractivity contribution in [3.8, 4) is 12.3 Å². The van der Waals surface area contributed by atoms with Crippen LogP contribution in [0, 0.1) is 19.3 Å². The van der Waals surface area contributed by atoms with Gasteiger partial charge in [0.05, 0.1) is 12.2 Å². The predicted molar refractivity (Wildman–Crippen MR) is 114 cm³/mol. The van der Waals surface area contributed by atoms with E-state index in [1.54, 1.807) is 21.6 Å². The minimum Gasteiger partial charge on any atom is -0.327 e. The average molecular weight is 393 g/mol. The molecule has 2 amide bonds. The maximum atomic E-state index is 12.7. The van der Waals surface area contributed by atoms with Crippen LogP contribution < -0.4 is 4.90 Å². The molecule has 28 heavy (non-hydrogen) atoms. The van der Waals surface area contributed by atoms with Gasteiger partial charge in [0.2, 0.25) is 11.8 Å². The Labute approximate surface area is 170 Å². The van der Waals surface area contributed by atoms with Crippen LogP contribution in [0.5, 0.6) is 0 Å². The molecule has 0 spiro atoms. The summed E-state index contributed by atoms with van der Waals surface area (Å²) < 4.78 is 0. The number of hydrogen-bond donors (Lipinski definition) is 0. The van der Waals surface area contributed by atoms with Crippen molar-refractivity contribution in [3.05, 3.63) is 59.7 Å². The van der Waals surface area contributed by atoms with Crippen LogP contribution in [0.15, 0.2) is 53.4 Å². The van der Waals surface area contributed by atoms with E-state index in [1.807, 2.05) is 55.5 Å². The zero-order chi connectivity index (χ0) is 19.9. The molecule has 2 aromatic rings. The number of carbonyl (C=O) groups is 2. The van der Waals surface area contributed by atoms with Crippen molar-refractivity contribution in [2.45, 2.75) is 31.2 Å². The molecule has 4 nitrogen and oxygen atoms in total. The molecule has 0 aliphatic carbocycles. The van der Waals surface area contributed by atoms with Crippen molar-refractivity contribution < 1.29 is 9.59 Å². The van der Waals surface area contributed by atoms with Gasteiger partial charge in [-0.05, 0) is 24.6 Å². The number of anilines is 1. The third-order valence-electron chi connectivity index (χ3n) is 4.71. The van der Waals surface area contributed by atoms with E-state index in [1.165, 1.54) is 5.56 Å². The molecule has 2 aromatic carbocycles. The zero-order valence-corrected chi connectivity index (χ0v) is 16.9. The monoisotopic (exact) mass is 392 g/mol. The van der Waals surface area contributed by atoms with Crippen LogP contribution in [0.2, 0.25) is 0 Å². The molecule has 0 atom stereocenters. The Bertz CT molecular complexity index is 886. The van der Waals surface area contributed by atoms with Crippen LogP contribution >= 0.6 is 11.8 Å². The van der Waals surface area contributed by atoms with Gasteiger partial charge in [0.1, 0.15) is 0 Å². The van der Waals surface area contributed by atoms with Gasteiger partial charge in [-0.3, -0.25) is 9.59 Å². The van der Waals surface area contributed by atoms with E-state index in [2.05, 4.69) is 5.92 Å². The van der Waals surface area contributed by atoms with Crippen molar-refractivity contribution in [1.29, 1.82) is 0 Å². The molecule has 1 heterocycles. The molecule has 0 saturated carbocycles. The van der Waals surface area contributed by atoms with Crippen LogP contribution in [-0.2, 0) is 16.1 Å². The van der Waals surface area contributed by atoms with Gasteiger partial charge < -0.3 is 9.80 Å². The van der Waals surface area contributed by atoms with Crippen molar-refractivity contribution in [2.75, 3.05) is 23.7 Å². The highest BCUT2D eigenvalue weighted by atomic mass is 32.2. The lowest BCUT2D eigenvalue weighted by Crippen LogP contribution is -2.37. The smallest absolute Gasteiger partial charge is 0.227 e. The Morgan fingerprint density at radius 2 is 1.89 bits per heavy atom. The summed E-state index contributed by atoms with van der Waals surface area (Å²) >= 11 is 1.76. The van der Waals surface area contributed by atoms with Crippen LogP contribution in [-0.4, -0.2) is 35.6 Å². The number of nitrogens with zero attached hydrogens (tertiary/aromatic N) is 2. The largest absolute Gasteiger partial charge is 0.327 e. The SMILES string of the molecule is C#CCN(Cc1ccc(C)cc1)C(=O)CCC(=O)N1CCSc2ccccc21. The fourth-order valence-electron chi connectivity index (χ4n) is 3.19. The Kier molecular flexibility index (Phi) is 6.78. The van der Waals surface area contributed by atoms with Crippen LogP contribution in [0.3, 0.4) is 0 Å². The van der Waals surface area contributed by atoms with Gasteiger partial charge in [-0.15, -0.1) is 18.2 Å². The fraction of sp³-hybridized carbons (Fsp3) is 0.304. The van der Waals surface area contributed by atoms with E-state index < -0.39 is 0 Å². The lowest BCUT2D eigenvalue weighted by Gasteiger charge is -2.29. The maximum absolute atomic E-state index is 12.7. The molecule has 3 rings (SSSR count). The van der Waals surface area contributed by atoms with Crippen LogP contribution in [0.1, 0.15) is 24.0 Å². The average Bonchev–Trinajstić information content (AvgIpc) is 2.72. The van der Waals surface area contributed by atoms with Crippen LogP contribution in [0.25, 0.3) is 0 Å². The summed E-state index contributed by atoms with van der Waals surface area (Å²) in [5, 5.41) is 0. The molecule has 0 N–H and O–H groups in total. The number of benzene rings is 2. The summed E-state index contributed by atoms with van der Waals surface area (Å²) in [6.45, 7) is 3.40. The number of rotatable bonds is 6. The third kappa shape index (κ3) is 4.96. The Morgan fingerprint density at radius 1 is 1.14 bits per heavy atom. The second-order valence-electron chi connectivity index (χ2n) is 6.80. The predicted octanol–water partition coefficient (Wildman–Crippen LogP) is 3.88. The molecule has 5 heteroatoms. The highest BCUT2D eigenvalue weighted by Crippen LogP contribution is 2.34. The quantitative estimate of drug-likeness (QED) is 0.701. The van der Waals surface area contributed by atoms with E-state index in [0.717, 1.165) is 21.9 Å². The molecule has 0 radical (unpaired) electrons. The zero-order valence-electron chi connectivity index (χ0n) is 16.1. The number of para-hydroxylation sites is 1. The second kappa shape index (κ2) is 9.48. The molecule has 0 bridgehead atoms. The van der Waals surface area contributed by atoms with Gasteiger partial charge in [-0.1, -0.05) is 47.9 Å². The highest BCUT2D eigenvalue weighted by Gasteiger charge is 2.23. The first-order valence-corrected chi connectivity index (χ1v) is 10.4. The normalized spacial score (nSPS) is 12.8. The summed E-state index contributed by atoms with van der Waals surface area (Å²) in [6.07, 6.45) is 5.80. The number of thioether (sulfide) groups is 1. The molecule has 0 aromatic heterocycles. The first kappa shape index (κ1) is 20.0. The van der Waals surface area contributed by atoms with E-state index >= 15 is 0 Å². The third-order valence-corrected chi connectivity index (χ3v) is 5.75. The Morgan fingerprint density at radius 3 is 2.64 bits per heavy atom. The van der Waals surface area contributed by atoms with E-state index in [-0.39, 0.29) is 31.2 Å². The highest BCUT2D eigenvalue weighted by molar-refractivity contribution is 7.99. The fourth-order valence-corrected chi connectivity index (χ4v) is 4.19. The molecule has 1 aliphatic heterocycles. The first-order valence-electron chi connectivity index (χ1n) is 9.37. The minimum atomic E-state index is -0.0912. The van der Waals surface area contributed by atoms with Crippen molar-refractivity contribution in [1.82, 2.24) is 4.90 Å². The minimum absolute atomic E-state index is 0.0166. The second-order valence-corrected chi connectivity index (χ2v) is 7.94. The van der Waals surface area contributed by atoms with Gasteiger partial charge in [0.25, 0.3) is 0 Å². The Hall–Kier alpha value is -2.71. The van der Waals surface area contributed by atoms with Gasteiger partial charge in [0, 0.05) is 36.6 Å². The van der Waals surface area contributed by atoms with Gasteiger partial charge in [-0.25, -0.2) is 0 Å². The molecule has 144 valence electrons. The van der Waals surface area contributed by atoms with E-state index in [0.29, 0.717) is 13.1 Å². The topological polar surface area (TPSA) is 40.6 Å². The molecular weight excluding hydrogens is 368 g/mol. The molecular formula is C23H24N2O2S. The van der Waals surface area contributed by atoms with Crippen molar-refractivity contribution in [2.24, 2.45) is 0 Å². The van der Waals surface area contributed by atoms with E-state index in [4.69, 9.17) is 6.42 Å². The molecule has 0 saturated heterocycles. The molecule has 1 aliphatic rings. The number of aryl methyl sites for hydroxylation is 1. The lowest BCUT2D eigenvalue weighted by molar-refractivity contribution is -0.133. The summed E-state index contributed by atoms with van der Waals surface area (Å²) in [5.41, 5.74) is 3.14. The number of hydrogen-bond acceptors (Lipinski definition) is 3. The van der Waals surface area contributed by atoms with Gasteiger partial charge >= 0.3 is 0 Å². The molecule has 0 fully saturated rings. The lowest BCUT2D eigenvalue weighted by atomic mass is 10.1. The molecule has 0 unspecified atom stereocenters. The van der Waals surface area contributed by atoms with Crippen LogP contribution in [0.4, 0.5) is 5.69 Å². The van der Waals surface area contributed by atoms with E-state index in [9.17, 15) is 9.59 Å². The summed E-state index contributed by atoms with van der Waals surface area (Å²) in [6, 6.07) is 15.9. The summed E-state index contributed by atoms with van der Waals surface area (Å²) in [7, 11) is 0. The summed E-state index contributed by atoms with van der Waals surface area (Å²) in [4.78, 5) is 30.0. The number of terminal acetylenes is 1. The Balaban J connectivity index is 1.60. The van der Waals surface area contributed by atoms with Gasteiger partial charge in [-0.2, -0.15) is 0 Å². The standard InChI is InChI=1S/C23H24N2O2S/c1-3-14-24(17-19-10-8-18(2)9-11-19)22(26)12-13-23(27)25-15-16-28-21-7-5-4-6-20(21)25/h1,4-11H,12-17H2,2H3. The van der Waals surface area contributed by atoms with Gasteiger partial charge in [0.15, 0.2) is 0 Å².